The Labute approximate surface area is 104 Å². The number of carbonyl (C=O) groups is 1. The van der Waals surface area contributed by atoms with Crippen LogP contribution in [0.15, 0.2) is 12.7 Å². The standard InChI is InChI=1S/C14H25NO2/c1-6-7-15-14(11(16)17)9-12(2,3)8-13(4,5)10-14/h6,15H,1,7-10H2,2-5H3,(H,16,17). The highest BCUT2D eigenvalue weighted by atomic mass is 16.4. The van der Waals surface area contributed by atoms with Crippen molar-refractivity contribution in [2.24, 2.45) is 10.8 Å². The Morgan fingerprint density at radius 1 is 1.24 bits per heavy atom. The van der Waals surface area contributed by atoms with Crippen LogP contribution in [-0.2, 0) is 4.79 Å². The molecule has 0 heterocycles. The van der Waals surface area contributed by atoms with Crippen molar-refractivity contribution >= 4 is 5.97 Å². The molecule has 1 saturated carbocycles. The van der Waals surface area contributed by atoms with E-state index in [0.29, 0.717) is 19.4 Å². The smallest absolute Gasteiger partial charge is 0.323 e. The molecule has 0 aliphatic heterocycles. The molecule has 0 aromatic carbocycles. The molecule has 0 amide bonds. The third-order valence-corrected chi connectivity index (χ3v) is 3.51. The van der Waals surface area contributed by atoms with E-state index in [0.717, 1.165) is 6.42 Å². The summed E-state index contributed by atoms with van der Waals surface area (Å²) in [7, 11) is 0. The number of nitrogens with one attached hydrogen (secondary N) is 1. The maximum Gasteiger partial charge on any atom is 0.323 e. The van der Waals surface area contributed by atoms with Gasteiger partial charge in [0, 0.05) is 6.54 Å². The van der Waals surface area contributed by atoms with E-state index >= 15 is 0 Å². The molecular formula is C14H25NO2. The molecule has 0 bridgehead atoms. The minimum atomic E-state index is -0.806. The number of rotatable bonds is 4. The van der Waals surface area contributed by atoms with Gasteiger partial charge in [0.15, 0.2) is 0 Å². The fourth-order valence-electron chi connectivity index (χ4n) is 3.74. The molecule has 3 nitrogen and oxygen atoms in total. The zero-order valence-corrected chi connectivity index (χ0v) is 11.5. The van der Waals surface area contributed by atoms with Crippen molar-refractivity contribution in [2.75, 3.05) is 6.54 Å². The van der Waals surface area contributed by atoms with Gasteiger partial charge in [0.1, 0.15) is 5.54 Å². The summed E-state index contributed by atoms with van der Waals surface area (Å²) in [6, 6.07) is 0. The van der Waals surface area contributed by atoms with Crippen LogP contribution in [-0.4, -0.2) is 23.2 Å². The molecule has 0 radical (unpaired) electrons. The largest absolute Gasteiger partial charge is 0.480 e. The highest BCUT2D eigenvalue weighted by Crippen LogP contribution is 2.50. The molecule has 17 heavy (non-hydrogen) atoms. The Bertz CT molecular complexity index is 302. The minimum absolute atomic E-state index is 0.0499. The van der Waals surface area contributed by atoms with Gasteiger partial charge in [0.25, 0.3) is 0 Å². The van der Waals surface area contributed by atoms with Crippen LogP contribution in [0.4, 0.5) is 0 Å². The Morgan fingerprint density at radius 3 is 2.06 bits per heavy atom. The summed E-state index contributed by atoms with van der Waals surface area (Å²) in [6.45, 7) is 12.8. The van der Waals surface area contributed by atoms with Crippen molar-refractivity contribution in [1.82, 2.24) is 5.32 Å². The Hall–Kier alpha value is -0.830. The van der Waals surface area contributed by atoms with Gasteiger partial charge in [0.2, 0.25) is 0 Å². The number of carboxylic acids is 1. The maximum atomic E-state index is 11.7. The van der Waals surface area contributed by atoms with Gasteiger partial charge in [-0.05, 0) is 30.1 Å². The topological polar surface area (TPSA) is 49.3 Å². The Balaban J connectivity index is 3.03. The summed E-state index contributed by atoms with van der Waals surface area (Å²) in [6.07, 6.45) is 4.13. The molecule has 0 atom stereocenters. The van der Waals surface area contributed by atoms with Crippen LogP contribution in [0.3, 0.4) is 0 Å². The molecule has 1 fully saturated rings. The number of hydrogen-bond acceptors (Lipinski definition) is 2. The van der Waals surface area contributed by atoms with Crippen LogP contribution in [0, 0.1) is 10.8 Å². The number of hydrogen-bond donors (Lipinski definition) is 2. The van der Waals surface area contributed by atoms with Gasteiger partial charge in [-0.2, -0.15) is 0 Å². The third-order valence-electron chi connectivity index (χ3n) is 3.51. The second-order valence-corrected chi connectivity index (χ2v) is 6.92. The van der Waals surface area contributed by atoms with Gasteiger partial charge >= 0.3 is 5.97 Å². The lowest BCUT2D eigenvalue weighted by molar-refractivity contribution is -0.151. The summed E-state index contributed by atoms with van der Waals surface area (Å²) < 4.78 is 0. The molecule has 1 aliphatic carbocycles. The second kappa shape index (κ2) is 4.45. The van der Waals surface area contributed by atoms with E-state index in [-0.39, 0.29) is 10.8 Å². The Kier molecular flexibility index (Phi) is 3.72. The molecule has 1 rings (SSSR count). The normalized spacial score (nSPS) is 25.2. The SMILES string of the molecule is C=CCNC1(C(=O)O)CC(C)(C)CC(C)(C)C1. The minimum Gasteiger partial charge on any atom is -0.480 e. The van der Waals surface area contributed by atoms with Crippen LogP contribution >= 0.6 is 0 Å². The molecule has 3 heteroatoms. The first-order chi connectivity index (χ1) is 7.63. The molecule has 0 unspecified atom stereocenters. The van der Waals surface area contributed by atoms with Gasteiger partial charge in [-0.3, -0.25) is 10.1 Å². The van der Waals surface area contributed by atoms with Crippen molar-refractivity contribution in [1.29, 1.82) is 0 Å². The highest BCUT2D eigenvalue weighted by molar-refractivity contribution is 5.79. The van der Waals surface area contributed by atoms with Crippen LogP contribution in [0.2, 0.25) is 0 Å². The van der Waals surface area contributed by atoms with E-state index in [9.17, 15) is 9.90 Å². The van der Waals surface area contributed by atoms with Crippen molar-refractivity contribution in [3.8, 4) is 0 Å². The molecule has 0 aromatic heterocycles. The Morgan fingerprint density at radius 2 is 1.71 bits per heavy atom. The summed E-state index contributed by atoms with van der Waals surface area (Å²) in [5.41, 5.74) is -0.706. The lowest BCUT2D eigenvalue weighted by atomic mass is 9.58. The fourth-order valence-corrected chi connectivity index (χ4v) is 3.74. The van der Waals surface area contributed by atoms with E-state index in [1.165, 1.54) is 0 Å². The summed E-state index contributed by atoms with van der Waals surface area (Å²) in [5.74, 6) is -0.736. The van der Waals surface area contributed by atoms with Gasteiger partial charge < -0.3 is 5.11 Å². The summed E-state index contributed by atoms with van der Waals surface area (Å²) in [4.78, 5) is 11.7. The van der Waals surface area contributed by atoms with Gasteiger partial charge in [-0.1, -0.05) is 33.8 Å². The van der Waals surface area contributed by atoms with Gasteiger partial charge in [-0.25, -0.2) is 0 Å². The quantitative estimate of drug-likeness (QED) is 0.742. The fraction of sp³-hybridized carbons (Fsp3) is 0.786. The van der Waals surface area contributed by atoms with Crippen LogP contribution in [0.5, 0.6) is 0 Å². The second-order valence-electron chi connectivity index (χ2n) is 6.92. The molecule has 98 valence electrons. The average Bonchev–Trinajstić information content (AvgIpc) is 2.09. The van der Waals surface area contributed by atoms with E-state index in [4.69, 9.17) is 0 Å². The maximum absolute atomic E-state index is 11.7. The first kappa shape index (κ1) is 14.2. The average molecular weight is 239 g/mol. The van der Waals surface area contributed by atoms with Crippen molar-refractivity contribution < 1.29 is 9.90 Å². The third kappa shape index (κ3) is 3.32. The van der Waals surface area contributed by atoms with E-state index < -0.39 is 11.5 Å². The van der Waals surface area contributed by atoms with Crippen molar-refractivity contribution in [3.63, 3.8) is 0 Å². The number of aliphatic carboxylic acids is 1. The highest BCUT2D eigenvalue weighted by Gasteiger charge is 2.51. The first-order valence-corrected chi connectivity index (χ1v) is 6.22. The first-order valence-electron chi connectivity index (χ1n) is 6.22. The van der Waals surface area contributed by atoms with Crippen LogP contribution in [0.1, 0.15) is 47.0 Å². The molecular weight excluding hydrogens is 214 g/mol. The monoisotopic (exact) mass is 239 g/mol. The van der Waals surface area contributed by atoms with Crippen LogP contribution < -0.4 is 5.32 Å². The van der Waals surface area contributed by atoms with Crippen molar-refractivity contribution in [2.45, 2.75) is 52.5 Å². The summed E-state index contributed by atoms with van der Waals surface area (Å²) >= 11 is 0. The van der Waals surface area contributed by atoms with Gasteiger partial charge in [-0.15, -0.1) is 6.58 Å². The molecule has 0 saturated heterocycles. The summed E-state index contributed by atoms with van der Waals surface area (Å²) in [5, 5.41) is 12.8. The van der Waals surface area contributed by atoms with Crippen molar-refractivity contribution in [3.05, 3.63) is 12.7 Å². The molecule has 2 N–H and O–H groups in total. The van der Waals surface area contributed by atoms with E-state index in [1.54, 1.807) is 6.08 Å². The van der Waals surface area contributed by atoms with E-state index in [1.807, 2.05) is 0 Å². The molecule has 0 spiro atoms. The van der Waals surface area contributed by atoms with Gasteiger partial charge in [0.05, 0.1) is 0 Å². The zero-order chi connectivity index (χ0) is 13.3. The van der Waals surface area contributed by atoms with Crippen LogP contribution in [0.25, 0.3) is 0 Å². The van der Waals surface area contributed by atoms with E-state index in [2.05, 4.69) is 39.6 Å². The molecule has 1 aliphatic rings. The number of carboxylic acid groups (broad SMARTS) is 1. The zero-order valence-electron chi connectivity index (χ0n) is 11.5. The lowest BCUT2D eigenvalue weighted by Gasteiger charge is -2.50. The predicted octanol–water partition coefficient (Wildman–Crippen LogP) is 2.82. The molecule has 0 aromatic rings. The predicted molar refractivity (Wildman–Crippen MR) is 70.0 cm³/mol. The lowest BCUT2D eigenvalue weighted by Crippen LogP contribution is -2.59.